The molecule has 0 aromatic carbocycles. The monoisotopic (exact) mass is 166 g/mol. The highest BCUT2D eigenvalue weighted by molar-refractivity contribution is 5.56. The summed E-state index contributed by atoms with van der Waals surface area (Å²) < 4.78 is 12.5. The second-order valence-electron chi connectivity index (χ2n) is 2.30. The van der Waals surface area contributed by atoms with Gasteiger partial charge in [-0.15, -0.1) is 0 Å². The number of carbonyl (C=O) groups is 1. The van der Waals surface area contributed by atoms with E-state index in [1.165, 1.54) is 0 Å². The summed E-state index contributed by atoms with van der Waals surface area (Å²) in [4.78, 5) is 9.79. The molecule has 0 aromatic rings. The van der Waals surface area contributed by atoms with Gasteiger partial charge in [-0.1, -0.05) is 0 Å². The molecule has 4 atom stereocenters. The van der Waals surface area contributed by atoms with Gasteiger partial charge < -0.3 is 20.1 Å². The normalized spacial score (nSPS) is 21.9. The van der Waals surface area contributed by atoms with Crippen LogP contribution in [0.2, 0.25) is 0 Å². The van der Waals surface area contributed by atoms with Crippen molar-refractivity contribution in [2.24, 2.45) is 0 Å². The molecule has 0 spiro atoms. The lowest BCUT2D eigenvalue weighted by Crippen LogP contribution is -2.41. The predicted octanol–water partition coefficient (Wildman–Crippen LogP) is -1.37. The lowest BCUT2D eigenvalue weighted by atomic mass is 10.1. The van der Waals surface area contributed by atoms with Crippen LogP contribution in [-0.4, -0.2) is 46.1 Å². The molecule has 0 amide bonds. The van der Waals surface area contributed by atoms with Crippen molar-refractivity contribution in [3.05, 3.63) is 0 Å². The molecule has 0 saturated heterocycles. The Labute approximate surface area is 63.3 Å². The first-order valence-electron chi connectivity index (χ1n) is 3.14. The van der Waals surface area contributed by atoms with Crippen LogP contribution in [0.4, 0.5) is 4.39 Å². The Balaban J connectivity index is 4.00. The van der Waals surface area contributed by atoms with Crippen LogP contribution >= 0.6 is 0 Å². The first-order chi connectivity index (χ1) is 5.00. The minimum Gasteiger partial charge on any atom is -0.391 e. The topological polar surface area (TPSA) is 77.8 Å². The molecule has 0 radical (unpaired) electrons. The van der Waals surface area contributed by atoms with Crippen molar-refractivity contribution in [2.75, 3.05) is 0 Å². The van der Waals surface area contributed by atoms with Gasteiger partial charge in [-0.05, 0) is 6.92 Å². The van der Waals surface area contributed by atoms with Gasteiger partial charge in [0, 0.05) is 0 Å². The molecule has 0 rings (SSSR count). The number of rotatable bonds is 4. The van der Waals surface area contributed by atoms with E-state index in [1.54, 1.807) is 0 Å². The zero-order valence-electron chi connectivity index (χ0n) is 6.01. The molecule has 66 valence electrons. The van der Waals surface area contributed by atoms with Gasteiger partial charge >= 0.3 is 0 Å². The molecule has 3 N–H and O–H groups in total. The number of hydrogen-bond donors (Lipinski definition) is 3. The summed E-state index contributed by atoms with van der Waals surface area (Å²) >= 11 is 0. The summed E-state index contributed by atoms with van der Waals surface area (Å²) in [6, 6.07) is 0. The molecule has 4 nitrogen and oxygen atoms in total. The largest absolute Gasteiger partial charge is 0.391 e. The molecular weight excluding hydrogens is 155 g/mol. The molecule has 11 heavy (non-hydrogen) atoms. The van der Waals surface area contributed by atoms with E-state index in [9.17, 15) is 9.18 Å². The Bertz CT molecular complexity index is 128. The molecule has 0 bridgehead atoms. The van der Waals surface area contributed by atoms with E-state index in [0.717, 1.165) is 6.92 Å². The van der Waals surface area contributed by atoms with E-state index in [-0.39, 0.29) is 6.29 Å². The molecular formula is C6H11FO4. The molecule has 0 fully saturated rings. The maximum Gasteiger partial charge on any atom is 0.161 e. The summed E-state index contributed by atoms with van der Waals surface area (Å²) in [6.07, 6.45) is -7.07. The highest BCUT2D eigenvalue weighted by Crippen LogP contribution is 2.07. The third-order valence-corrected chi connectivity index (χ3v) is 1.29. The number of alkyl halides is 1. The number of hydrogen-bond acceptors (Lipinski definition) is 4. The summed E-state index contributed by atoms with van der Waals surface area (Å²) in [6.45, 7) is 1.16. The Morgan fingerprint density at radius 3 is 2.09 bits per heavy atom. The van der Waals surface area contributed by atoms with Gasteiger partial charge in [0.2, 0.25) is 0 Å². The van der Waals surface area contributed by atoms with Crippen LogP contribution in [0.25, 0.3) is 0 Å². The Morgan fingerprint density at radius 1 is 1.36 bits per heavy atom. The van der Waals surface area contributed by atoms with Crippen LogP contribution in [0.15, 0.2) is 0 Å². The number of carbonyl (C=O) groups excluding carboxylic acids is 1. The molecule has 0 aromatic heterocycles. The number of aliphatic hydroxyl groups is 3. The summed E-state index contributed by atoms with van der Waals surface area (Å²) in [5.41, 5.74) is 0. The van der Waals surface area contributed by atoms with E-state index in [0.29, 0.717) is 0 Å². The van der Waals surface area contributed by atoms with Crippen LogP contribution in [-0.2, 0) is 4.79 Å². The van der Waals surface area contributed by atoms with Gasteiger partial charge in [0.15, 0.2) is 12.5 Å². The van der Waals surface area contributed by atoms with E-state index in [1.807, 2.05) is 0 Å². The van der Waals surface area contributed by atoms with Crippen molar-refractivity contribution >= 4 is 6.29 Å². The van der Waals surface area contributed by atoms with Gasteiger partial charge in [-0.2, -0.15) is 0 Å². The molecule has 0 heterocycles. The average molecular weight is 166 g/mol. The van der Waals surface area contributed by atoms with E-state index in [4.69, 9.17) is 15.3 Å². The average Bonchev–Trinajstić information content (AvgIpc) is 2.00. The lowest BCUT2D eigenvalue weighted by Gasteiger charge is -2.19. The minimum atomic E-state index is -2.13. The van der Waals surface area contributed by atoms with Crippen LogP contribution in [0.3, 0.4) is 0 Å². The van der Waals surface area contributed by atoms with Gasteiger partial charge in [0.1, 0.15) is 12.2 Å². The third-order valence-electron chi connectivity index (χ3n) is 1.29. The molecule has 0 saturated carbocycles. The Morgan fingerprint density at radius 2 is 1.82 bits per heavy atom. The van der Waals surface area contributed by atoms with Crippen LogP contribution in [0.1, 0.15) is 6.92 Å². The maximum absolute atomic E-state index is 12.5. The molecule has 5 heteroatoms. The third kappa shape index (κ3) is 2.92. The van der Waals surface area contributed by atoms with Crippen LogP contribution in [0.5, 0.6) is 0 Å². The second kappa shape index (κ2) is 4.38. The number of halogens is 1. The SMILES string of the molecule is C[C@H](O)[C@@H](O)[C@@H](F)[C@H](O)C=O. The second-order valence-corrected chi connectivity index (χ2v) is 2.30. The predicted molar refractivity (Wildman–Crippen MR) is 34.7 cm³/mol. The van der Waals surface area contributed by atoms with Gasteiger partial charge in [-0.25, -0.2) is 4.39 Å². The fourth-order valence-corrected chi connectivity index (χ4v) is 0.543. The van der Waals surface area contributed by atoms with E-state index >= 15 is 0 Å². The van der Waals surface area contributed by atoms with Crippen molar-refractivity contribution < 1.29 is 24.5 Å². The zero-order valence-corrected chi connectivity index (χ0v) is 6.01. The lowest BCUT2D eigenvalue weighted by molar-refractivity contribution is -0.124. The fraction of sp³-hybridized carbons (Fsp3) is 0.833. The van der Waals surface area contributed by atoms with Crippen molar-refractivity contribution in [1.29, 1.82) is 0 Å². The van der Waals surface area contributed by atoms with Gasteiger partial charge in [-0.3, -0.25) is 0 Å². The molecule has 0 aliphatic heterocycles. The smallest absolute Gasteiger partial charge is 0.161 e. The zero-order chi connectivity index (χ0) is 9.02. The highest BCUT2D eigenvalue weighted by atomic mass is 19.1. The van der Waals surface area contributed by atoms with E-state index in [2.05, 4.69) is 0 Å². The summed E-state index contributed by atoms with van der Waals surface area (Å²) in [5, 5.41) is 25.9. The fourth-order valence-electron chi connectivity index (χ4n) is 0.543. The van der Waals surface area contributed by atoms with Gasteiger partial charge in [0.05, 0.1) is 6.10 Å². The summed E-state index contributed by atoms with van der Waals surface area (Å²) in [5.74, 6) is 0. The molecule has 0 aliphatic rings. The van der Waals surface area contributed by atoms with Crippen LogP contribution < -0.4 is 0 Å². The van der Waals surface area contributed by atoms with E-state index < -0.39 is 24.5 Å². The minimum absolute atomic E-state index is 0.0315. The standard InChI is InChI=1S/C6H11FO4/c1-3(9)6(11)5(7)4(10)2-8/h2-6,9-11H,1H3/t3-,4+,5-,6+/m0/s1. The number of aliphatic hydroxyl groups excluding tert-OH is 3. The Kier molecular flexibility index (Phi) is 4.17. The first-order valence-corrected chi connectivity index (χ1v) is 3.14. The summed E-state index contributed by atoms with van der Waals surface area (Å²) in [7, 11) is 0. The number of aldehydes is 1. The van der Waals surface area contributed by atoms with Crippen molar-refractivity contribution in [3.63, 3.8) is 0 Å². The van der Waals surface area contributed by atoms with Crippen molar-refractivity contribution in [1.82, 2.24) is 0 Å². The Hall–Kier alpha value is -0.520. The van der Waals surface area contributed by atoms with Crippen LogP contribution in [0, 0.1) is 0 Å². The van der Waals surface area contributed by atoms with Crippen molar-refractivity contribution in [2.45, 2.75) is 31.4 Å². The maximum atomic E-state index is 12.5. The van der Waals surface area contributed by atoms with Gasteiger partial charge in [0.25, 0.3) is 0 Å². The highest BCUT2D eigenvalue weighted by Gasteiger charge is 2.29. The molecule has 0 unspecified atom stereocenters. The quantitative estimate of drug-likeness (QED) is 0.450. The molecule has 0 aliphatic carbocycles. The first kappa shape index (κ1) is 10.5. The van der Waals surface area contributed by atoms with Crippen molar-refractivity contribution in [3.8, 4) is 0 Å².